The van der Waals surface area contributed by atoms with E-state index in [-0.39, 0.29) is 11.3 Å². The van der Waals surface area contributed by atoms with Gasteiger partial charge < -0.3 is 19.3 Å². The van der Waals surface area contributed by atoms with Crippen LogP contribution in [-0.2, 0) is 9.59 Å². The zero-order valence-electron chi connectivity index (χ0n) is 19.4. The predicted molar refractivity (Wildman–Crippen MR) is 133 cm³/mol. The Balaban J connectivity index is 2.00. The van der Waals surface area contributed by atoms with Crippen LogP contribution in [0.2, 0.25) is 5.02 Å². The zero-order chi connectivity index (χ0) is 25.1. The monoisotopic (exact) mass is 493 g/mol. The van der Waals surface area contributed by atoms with E-state index >= 15 is 0 Å². The highest BCUT2D eigenvalue weighted by Crippen LogP contribution is 2.46. The Morgan fingerprint density at radius 3 is 2.37 bits per heavy atom. The third kappa shape index (κ3) is 4.42. The van der Waals surface area contributed by atoms with E-state index in [9.17, 15) is 14.7 Å². The van der Waals surface area contributed by atoms with Gasteiger partial charge in [-0.25, -0.2) is 0 Å². The van der Waals surface area contributed by atoms with Gasteiger partial charge in [-0.05, 0) is 48.9 Å². The largest absolute Gasteiger partial charge is 0.507 e. The van der Waals surface area contributed by atoms with Crippen molar-refractivity contribution in [3.63, 3.8) is 0 Å². The SMILES string of the molecule is CCOc1cc(C2/C(=C(/O)c3cccc(Cl)c3)C(=O)C(=O)N2c2ccccc2OC)ccc1OC. The van der Waals surface area contributed by atoms with Crippen molar-refractivity contribution >= 4 is 34.7 Å². The van der Waals surface area contributed by atoms with Gasteiger partial charge in [0.1, 0.15) is 11.5 Å². The van der Waals surface area contributed by atoms with Crippen LogP contribution in [0.15, 0.2) is 72.3 Å². The summed E-state index contributed by atoms with van der Waals surface area (Å²) < 4.78 is 16.6. The van der Waals surface area contributed by atoms with Gasteiger partial charge in [-0.15, -0.1) is 0 Å². The predicted octanol–water partition coefficient (Wildman–Crippen LogP) is 5.38. The van der Waals surface area contributed by atoms with Gasteiger partial charge in [0, 0.05) is 10.6 Å². The molecule has 180 valence electrons. The lowest BCUT2D eigenvalue weighted by Gasteiger charge is -2.27. The first-order valence-corrected chi connectivity index (χ1v) is 11.3. The Morgan fingerprint density at radius 2 is 1.69 bits per heavy atom. The normalized spacial score (nSPS) is 16.9. The van der Waals surface area contributed by atoms with Crippen LogP contribution in [0.1, 0.15) is 24.1 Å². The van der Waals surface area contributed by atoms with Crippen molar-refractivity contribution in [1.29, 1.82) is 0 Å². The summed E-state index contributed by atoms with van der Waals surface area (Å²) in [6.45, 7) is 2.22. The molecule has 1 saturated heterocycles. The van der Waals surface area contributed by atoms with E-state index in [4.69, 9.17) is 25.8 Å². The smallest absolute Gasteiger partial charge is 0.300 e. The highest BCUT2D eigenvalue weighted by atomic mass is 35.5. The number of nitrogens with zero attached hydrogens (tertiary/aromatic N) is 1. The van der Waals surface area contributed by atoms with Crippen LogP contribution in [0.5, 0.6) is 17.2 Å². The van der Waals surface area contributed by atoms with Crippen molar-refractivity contribution in [3.8, 4) is 17.2 Å². The maximum absolute atomic E-state index is 13.4. The van der Waals surface area contributed by atoms with Gasteiger partial charge in [0.05, 0.1) is 38.1 Å². The van der Waals surface area contributed by atoms with E-state index in [1.54, 1.807) is 60.7 Å². The number of aliphatic hydroxyl groups excluding tert-OH is 1. The first-order chi connectivity index (χ1) is 16.9. The van der Waals surface area contributed by atoms with Gasteiger partial charge in [-0.3, -0.25) is 14.5 Å². The van der Waals surface area contributed by atoms with Gasteiger partial charge in [-0.1, -0.05) is 41.9 Å². The number of rotatable bonds is 7. The molecule has 7 nitrogen and oxygen atoms in total. The Morgan fingerprint density at radius 1 is 0.943 bits per heavy atom. The molecule has 0 saturated carbocycles. The molecule has 4 rings (SSSR count). The number of ether oxygens (including phenoxy) is 3. The van der Waals surface area contributed by atoms with Crippen molar-refractivity contribution in [2.45, 2.75) is 13.0 Å². The molecule has 8 heteroatoms. The third-order valence-corrected chi connectivity index (χ3v) is 5.93. The molecule has 35 heavy (non-hydrogen) atoms. The van der Waals surface area contributed by atoms with Gasteiger partial charge in [0.15, 0.2) is 11.5 Å². The highest BCUT2D eigenvalue weighted by molar-refractivity contribution is 6.52. The first-order valence-electron chi connectivity index (χ1n) is 10.9. The van der Waals surface area contributed by atoms with Crippen LogP contribution in [0, 0.1) is 0 Å². The summed E-state index contributed by atoms with van der Waals surface area (Å²) in [5.74, 6) is -0.604. The molecule has 0 spiro atoms. The molecule has 1 amide bonds. The average molecular weight is 494 g/mol. The van der Waals surface area contributed by atoms with Crippen molar-refractivity contribution in [3.05, 3.63) is 88.5 Å². The van der Waals surface area contributed by atoms with E-state index in [0.717, 1.165) is 0 Å². The molecule has 1 heterocycles. The first kappa shape index (κ1) is 24.2. The second-order valence-corrected chi connectivity index (χ2v) is 8.13. The Hall–Kier alpha value is -3.97. The topological polar surface area (TPSA) is 85.3 Å². The summed E-state index contributed by atoms with van der Waals surface area (Å²) in [7, 11) is 3.01. The fourth-order valence-electron chi connectivity index (χ4n) is 4.15. The lowest BCUT2D eigenvalue weighted by atomic mass is 9.94. The summed E-state index contributed by atoms with van der Waals surface area (Å²) in [6, 6.07) is 17.5. The number of amides is 1. The van der Waals surface area contributed by atoms with E-state index in [2.05, 4.69) is 0 Å². The molecular weight excluding hydrogens is 470 g/mol. The fourth-order valence-corrected chi connectivity index (χ4v) is 4.34. The van der Waals surface area contributed by atoms with Crippen molar-refractivity contribution in [1.82, 2.24) is 0 Å². The second-order valence-electron chi connectivity index (χ2n) is 7.69. The maximum atomic E-state index is 13.4. The summed E-state index contributed by atoms with van der Waals surface area (Å²) in [5.41, 5.74) is 1.18. The summed E-state index contributed by atoms with van der Waals surface area (Å²) in [5, 5.41) is 11.6. The molecule has 3 aromatic rings. The molecule has 1 unspecified atom stereocenters. The van der Waals surface area contributed by atoms with Crippen molar-refractivity contribution in [2.75, 3.05) is 25.7 Å². The molecule has 0 aliphatic carbocycles. The number of Topliss-reactive ketones (excluding diaryl/α,β-unsaturated/α-hetero) is 1. The van der Waals surface area contributed by atoms with Crippen molar-refractivity contribution in [2.24, 2.45) is 0 Å². The molecular formula is C27H24ClNO6. The molecule has 1 fully saturated rings. The summed E-state index contributed by atoms with van der Waals surface area (Å²) >= 11 is 6.12. The standard InChI is InChI=1S/C27H24ClNO6/c1-4-35-22-15-16(12-13-21(22)34-3)24-23(25(30)17-8-7-9-18(28)14-17)26(31)27(32)29(24)19-10-5-6-11-20(19)33-2/h5-15,24,30H,4H2,1-3H3/b25-23-. The van der Waals surface area contributed by atoms with Crippen LogP contribution < -0.4 is 19.1 Å². The van der Waals surface area contributed by atoms with Crippen LogP contribution in [0.25, 0.3) is 5.76 Å². The number of aliphatic hydroxyl groups is 1. The van der Waals surface area contributed by atoms with Gasteiger partial charge >= 0.3 is 0 Å². The van der Waals surface area contributed by atoms with E-state index in [0.29, 0.717) is 45.7 Å². The second kappa shape index (κ2) is 10.1. The number of anilines is 1. The zero-order valence-corrected chi connectivity index (χ0v) is 20.2. The molecule has 1 N–H and O–H groups in total. The lowest BCUT2D eigenvalue weighted by Crippen LogP contribution is -2.29. The minimum Gasteiger partial charge on any atom is -0.507 e. The average Bonchev–Trinajstić information content (AvgIpc) is 3.13. The minimum absolute atomic E-state index is 0.0733. The highest BCUT2D eigenvalue weighted by Gasteiger charge is 2.48. The summed E-state index contributed by atoms with van der Waals surface area (Å²) in [4.78, 5) is 28.1. The number of halogens is 1. The number of benzene rings is 3. The number of hydrogen-bond donors (Lipinski definition) is 1. The van der Waals surface area contributed by atoms with E-state index in [1.807, 2.05) is 6.92 Å². The minimum atomic E-state index is -0.963. The van der Waals surface area contributed by atoms with Crippen LogP contribution in [0.4, 0.5) is 5.69 Å². The van der Waals surface area contributed by atoms with Crippen LogP contribution in [-0.4, -0.2) is 37.6 Å². The lowest BCUT2D eigenvalue weighted by molar-refractivity contribution is -0.132. The van der Waals surface area contributed by atoms with Crippen LogP contribution in [0.3, 0.4) is 0 Å². The number of carbonyl (C=O) groups is 2. The van der Waals surface area contributed by atoms with E-state index < -0.39 is 17.7 Å². The molecule has 0 bridgehead atoms. The number of ketones is 1. The number of para-hydroxylation sites is 2. The molecule has 3 aromatic carbocycles. The number of carbonyl (C=O) groups excluding carboxylic acids is 2. The molecule has 0 aromatic heterocycles. The van der Waals surface area contributed by atoms with Gasteiger partial charge in [-0.2, -0.15) is 0 Å². The maximum Gasteiger partial charge on any atom is 0.300 e. The molecule has 1 aliphatic rings. The fraction of sp³-hybridized carbons (Fsp3) is 0.185. The third-order valence-electron chi connectivity index (χ3n) is 5.69. The van der Waals surface area contributed by atoms with E-state index in [1.165, 1.54) is 25.2 Å². The summed E-state index contributed by atoms with van der Waals surface area (Å²) in [6.07, 6.45) is 0. The number of methoxy groups -OCH3 is 2. The molecule has 0 radical (unpaired) electrons. The Kier molecular flexibility index (Phi) is 6.98. The number of hydrogen-bond acceptors (Lipinski definition) is 6. The molecule has 1 atom stereocenters. The van der Waals surface area contributed by atoms with Crippen molar-refractivity contribution < 1.29 is 28.9 Å². The van der Waals surface area contributed by atoms with Gasteiger partial charge in [0.2, 0.25) is 0 Å². The molecule has 1 aliphatic heterocycles. The van der Waals surface area contributed by atoms with Gasteiger partial charge in [0.25, 0.3) is 11.7 Å². The Labute approximate surface area is 208 Å². The Bertz CT molecular complexity index is 1320. The van der Waals surface area contributed by atoms with Crippen LogP contribution >= 0.6 is 11.6 Å². The quantitative estimate of drug-likeness (QED) is 0.270.